The molecule has 0 fully saturated rings. The largest absolute Gasteiger partial charge is 0.374 e. The quantitative estimate of drug-likeness (QED) is 0.770. The summed E-state index contributed by atoms with van der Waals surface area (Å²) in [6, 6.07) is 5.95. The molecule has 0 heterocycles. The second-order valence-electron chi connectivity index (χ2n) is 4.56. The fourth-order valence-electron chi connectivity index (χ4n) is 1.56. The van der Waals surface area contributed by atoms with Crippen molar-refractivity contribution in [2.45, 2.75) is 19.9 Å². The highest BCUT2D eigenvalue weighted by Crippen LogP contribution is 2.17. The molecule has 1 unspecified atom stereocenters. The molecule has 0 aliphatic rings. The molecule has 0 saturated heterocycles. The Morgan fingerprint density at radius 2 is 1.71 bits per heavy atom. The number of rotatable bonds is 4. The zero-order chi connectivity index (χ0) is 16.0. The van der Waals surface area contributed by atoms with Crippen molar-refractivity contribution in [1.82, 2.24) is 10.6 Å². The molecule has 0 spiro atoms. The molecule has 21 heavy (non-hydrogen) atoms. The Labute approximate surface area is 123 Å². The van der Waals surface area contributed by atoms with Gasteiger partial charge in [0, 0.05) is 32.4 Å². The van der Waals surface area contributed by atoms with Crippen LogP contribution >= 0.6 is 0 Å². The Hall–Kier alpha value is -2.57. The Morgan fingerprint density at radius 3 is 2.19 bits per heavy atom. The second-order valence-corrected chi connectivity index (χ2v) is 4.56. The number of carbonyl (C=O) groups is 3. The van der Waals surface area contributed by atoms with Gasteiger partial charge >= 0.3 is 6.03 Å². The predicted octanol–water partition coefficient (Wildman–Crippen LogP) is 0.925. The Bertz CT molecular complexity index is 528. The average Bonchev–Trinajstić information content (AvgIpc) is 2.46. The van der Waals surface area contributed by atoms with Gasteiger partial charge < -0.3 is 15.5 Å². The molecular weight excluding hydrogens is 272 g/mol. The summed E-state index contributed by atoms with van der Waals surface area (Å²) in [4.78, 5) is 35.5. The minimum Gasteiger partial charge on any atom is -0.374 e. The normalized spacial score (nSPS) is 11.2. The van der Waals surface area contributed by atoms with Crippen LogP contribution in [0.5, 0.6) is 0 Å². The van der Waals surface area contributed by atoms with E-state index in [9.17, 15) is 14.4 Å². The summed E-state index contributed by atoms with van der Waals surface area (Å²) >= 11 is 0. The molecule has 4 amide bonds. The highest BCUT2D eigenvalue weighted by molar-refractivity contribution is 5.98. The number of hydrogen-bond acceptors (Lipinski definition) is 4. The van der Waals surface area contributed by atoms with Crippen molar-refractivity contribution in [3.8, 4) is 0 Å². The van der Waals surface area contributed by atoms with Gasteiger partial charge in [-0.15, -0.1) is 0 Å². The molecule has 0 aliphatic heterocycles. The van der Waals surface area contributed by atoms with E-state index in [1.165, 1.54) is 18.9 Å². The Morgan fingerprint density at radius 1 is 1.14 bits per heavy atom. The van der Waals surface area contributed by atoms with Crippen LogP contribution in [0.1, 0.15) is 13.8 Å². The molecular formula is C14H20N4O3. The minimum atomic E-state index is -0.571. The van der Waals surface area contributed by atoms with E-state index in [1.54, 1.807) is 38.2 Å². The standard InChI is InChI=1S/C14H20N4O3/c1-9(13(20)17-14(21)15-3)16-11-5-7-12(8-6-11)18(4)10(2)19/h5-9,16H,1-4H3,(H2,15,17,20,21). The molecule has 3 N–H and O–H groups in total. The lowest BCUT2D eigenvalue weighted by molar-refractivity contribution is -0.120. The van der Waals surface area contributed by atoms with Crippen molar-refractivity contribution in [2.24, 2.45) is 0 Å². The van der Waals surface area contributed by atoms with Gasteiger partial charge in [-0.3, -0.25) is 14.9 Å². The average molecular weight is 292 g/mol. The van der Waals surface area contributed by atoms with Crippen LogP contribution in [0.3, 0.4) is 0 Å². The summed E-state index contributed by atoms with van der Waals surface area (Å²) in [6.45, 7) is 3.13. The summed E-state index contributed by atoms with van der Waals surface area (Å²) in [5.74, 6) is -0.492. The molecule has 1 aromatic rings. The number of anilines is 2. The number of nitrogens with one attached hydrogen (secondary N) is 3. The zero-order valence-corrected chi connectivity index (χ0v) is 12.6. The van der Waals surface area contributed by atoms with Crippen LogP contribution in [0.25, 0.3) is 0 Å². The number of urea groups is 1. The third kappa shape index (κ3) is 4.79. The number of imide groups is 1. The Kier molecular flexibility index (Phi) is 5.71. The maximum Gasteiger partial charge on any atom is 0.321 e. The SMILES string of the molecule is CNC(=O)NC(=O)C(C)Nc1ccc(N(C)C(C)=O)cc1. The number of benzene rings is 1. The first-order valence-electron chi connectivity index (χ1n) is 6.48. The lowest BCUT2D eigenvalue weighted by Crippen LogP contribution is -2.44. The zero-order valence-electron chi connectivity index (χ0n) is 12.6. The van der Waals surface area contributed by atoms with Crippen LogP contribution in [0.2, 0.25) is 0 Å². The molecule has 1 rings (SSSR count). The van der Waals surface area contributed by atoms with E-state index in [4.69, 9.17) is 0 Å². The van der Waals surface area contributed by atoms with E-state index in [0.29, 0.717) is 0 Å². The van der Waals surface area contributed by atoms with E-state index < -0.39 is 18.0 Å². The van der Waals surface area contributed by atoms with Crippen molar-refractivity contribution in [1.29, 1.82) is 0 Å². The number of amides is 4. The van der Waals surface area contributed by atoms with E-state index in [1.807, 2.05) is 0 Å². The molecule has 1 atom stereocenters. The van der Waals surface area contributed by atoms with Gasteiger partial charge in [0.05, 0.1) is 0 Å². The van der Waals surface area contributed by atoms with Gasteiger partial charge in [-0.25, -0.2) is 4.79 Å². The lowest BCUT2D eigenvalue weighted by atomic mass is 10.2. The summed E-state index contributed by atoms with van der Waals surface area (Å²) in [5.41, 5.74) is 1.48. The highest BCUT2D eigenvalue weighted by atomic mass is 16.2. The van der Waals surface area contributed by atoms with Gasteiger partial charge in [-0.2, -0.15) is 0 Å². The van der Waals surface area contributed by atoms with Crippen LogP contribution in [-0.4, -0.2) is 38.0 Å². The van der Waals surface area contributed by atoms with Crippen LogP contribution in [-0.2, 0) is 9.59 Å². The van der Waals surface area contributed by atoms with Crippen molar-refractivity contribution < 1.29 is 14.4 Å². The molecule has 0 aliphatic carbocycles. The molecule has 0 radical (unpaired) electrons. The van der Waals surface area contributed by atoms with Crippen LogP contribution in [0, 0.1) is 0 Å². The van der Waals surface area contributed by atoms with Crippen molar-refractivity contribution in [3.63, 3.8) is 0 Å². The fraction of sp³-hybridized carbons (Fsp3) is 0.357. The predicted molar refractivity (Wildman–Crippen MR) is 81.2 cm³/mol. The van der Waals surface area contributed by atoms with Crippen molar-refractivity contribution >= 4 is 29.2 Å². The van der Waals surface area contributed by atoms with Gasteiger partial charge in [-0.1, -0.05) is 0 Å². The third-order valence-electron chi connectivity index (χ3n) is 2.97. The molecule has 7 heteroatoms. The van der Waals surface area contributed by atoms with E-state index in [2.05, 4.69) is 16.0 Å². The molecule has 0 aromatic heterocycles. The van der Waals surface area contributed by atoms with Crippen molar-refractivity contribution in [3.05, 3.63) is 24.3 Å². The van der Waals surface area contributed by atoms with E-state index in [-0.39, 0.29) is 5.91 Å². The van der Waals surface area contributed by atoms with Gasteiger partial charge in [0.2, 0.25) is 11.8 Å². The molecule has 114 valence electrons. The van der Waals surface area contributed by atoms with Gasteiger partial charge in [0.25, 0.3) is 0 Å². The van der Waals surface area contributed by atoms with Crippen LogP contribution in [0.4, 0.5) is 16.2 Å². The number of nitrogens with zero attached hydrogens (tertiary/aromatic N) is 1. The Balaban J connectivity index is 2.65. The summed E-state index contributed by atoms with van der Waals surface area (Å²) in [5, 5.41) is 7.47. The monoisotopic (exact) mass is 292 g/mol. The molecule has 1 aromatic carbocycles. The van der Waals surface area contributed by atoms with Gasteiger partial charge in [0.15, 0.2) is 0 Å². The topological polar surface area (TPSA) is 90.5 Å². The van der Waals surface area contributed by atoms with Crippen LogP contribution < -0.4 is 20.9 Å². The van der Waals surface area contributed by atoms with E-state index in [0.717, 1.165) is 11.4 Å². The molecule has 7 nitrogen and oxygen atoms in total. The molecule has 0 bridgehead atoms. The summed E-state index contributed by atoms with van der Waals surface area (Å²) in [6.07, 6.45) is 0. The fourth-order valence-corrected chi connectivity index (χ4v) is 1.56. The summed E-state index contributed by atoms with van der Waals surface area (Å²) in [7, 11) is 3.12. The molecule has 0 saturated carbocycles. The highest BCUT2D eigenvalue weighted by Gasteiger charge is 2.15. The lowest BCUT2D eigenvalue weighted by Gasteiger charge is -2.17. The first-order valence-corrected chi connectivity index (χ1v) is 6.48. The maximum absolute atomic E-state index is 11.7. The third-order valence-corrected chi connectivity index (χ3v) is 2.97. The smallest absolute Gasteiger partial charge is 0.321 e. The van der Waals surface area contributed by atoms with Crippen LogP contribution in [0.15, 0.2) is 24.3 Å². The maximum atomic E-state index is 11.7. The number of hydrogen-bond donors (Lipinski definition) is 3. The summed E-state index contributed by atoms with van der Waals surface area (Å²) < 4.78 is 0. The van der Waals surface area contributed by atoms with Gasteiger partial charge in [-0.05, 0) is 31.2 Å². The van der Waals surface area contributed by atoms with E-state index >= 15 is 0 Å². The number of carbonyl (C=O) groups excluding carboxylic acids is 3. The second kappa shape index (κ2) is 7.28. The van der Waals surface area contributed by atoms with Gasteiger partial charge in [0.1, 0.15) is 6.04 Å². The first-order chi connectivity index (χ1) is 9.85. The minimum absolute atomic E-state index is 0.0611. The van der Waals surface area contributed by atoms with Crippen molar-refractivity contribution in [2.75, 3.05) is 24.3 Å². The first kappa shape index (κ1) is 16.5.